The average molecular weight is 323 g/mol. The highest BCUT2D eigenvalue weighted by atomic mass is 79.9. The van der Waals surface area contributed by atoms with Crippen molar-refractivity contribution in [1.82, 2.24) is 10.2 Å². The van der Waals surface area contributed by atoms with Gasteiger partial charge in [-0.2, -0.15) is 5.10 Å². The fourth-order valence-electron chi connectivity index (χ4n) is 1.93. The van der Waals surface area contributed by atoms with E-state index >= 15 is 0 Å². The van der Waals surface area contributed by atoms with Crippen LogP contribution in [0.25, 0.3) is 11.3 Å². The maximum Gasteiger partial charge on any atom is 0.303 e. The van der Waals surface area contributed by atoms with Gasteiger partial charge in [-0.15, -0.1) is 0 Å². The molecule has 0 saturated heterocycles. The normalized spacial score (nSPS) is 10.7. The highest BCUT2D eigenvalue weighted by Gasteiger charge is 2.15. The summed E-state index contributed by atoms with van der Waals surface area (Å²) in [6.07, 6.45) is 0.529. The zero-order valence-electron chi connectivity index (χ0n) is 10.8. The van der Waals surface area contributed by atoms with Crippen molar-refractivity contribution in [3.63, 3.8) is 0 Å². The van der Waals surface area contributed by atoms with Crippen LogP contribution in [0, 0.1) is 13.8 Å². The van der Waals surface area contributed by atoms with Crippen LogP contribution in [0.2, 0.25) is 0 Å². The molecule has 1 aromatic carbocycles. The SMILES string of the molecule is Cc1ccc(C)c(-c2n[nH]c(CCC(=O)O)c2Br)c1. The zero-order chi connectivity index (χ0) is 14.0. The van der Waals surface area contributed by atoms with Crippen molar-refractivity contribution in [2.75, 3.05) is 0 Å². The standard InChI is InChI=1S/C14H15BrN2O2/c1-8-3-4-9(2)10(7-8)14-13(15)11(16-17-14)5-6-12(18)19/h3-4,7H,5-6H2,1-2H3,(H,16,17)(H,18,19). The molecule has 0 radical (unpaired) electrons. The summed E-state index contributed by atoms with van der Waals surface area (Å²) in [4.78, 5) is 10.6. The summed E-state index contributed by atoms with van der Waals surface area (Å²) in [7, 11) is 0. The molecule has 0 saturated carbocycles. The van der Waals surface area contributed by atoms with E-state index in [-0.39, 0.29) is 6.42 Å². The molecular formula is C14H15BrN2O2. The third-order valence-corrected chi connectivity index (χ3v) is 3.87. The number of aromatic nitrogens is 2. The van der Waals surface area contributed by atoms with Crippen LogP contribution >= 0.6 is 15.9 Å². The Labute approximate surface area is 120 Å². The van der Waals surface area contributed by atoms with Gasteiger partial charge in [-0.05, 0) is 41.4 Å². The molecule has 2 rings (SSSR count). The van der Waals surface area contributed by atoms with Gasteiger partial charge < -0.3 is 5.11 Å². The van der Waals surface area contributed by atoms with E-state index in [4.69, 9.17) is 5.11 Å². The maximum atomic E-state index is 10.6. The first kappa shape index (κ1) is 13.8. The van der Waals surface area contributed by atoms with Crippen LogP contribution in [0.4, 0.5) is 0 Å². The predicted octanol–water partition coefficient (Wildman–Crippen LogP) is 3.47. The Balaban J connectivity index is 2.36. The Hall–Kier alpha value is -1.62. The van der Waals surface area contributed by atoms with Crippen LogP contribution in [0.15, 0.2) is 22.7 Å². The third-order valence-electron chi connectivity index (χ3n) is 3.01. The molecular weight excluding hydrogens is 308 g/mol. The second-order valence-corrected chi connectivity index (χ2v) is 5.37. The average Bonchev–Trinajstić information content (AvgIpc) is 2.71. The number of hydrogen-bond acceptors (Lipinski definition) is 2. The quantitative estimate of drug-likeness (QED) is 0.905. The minimum absolute atomic E-state index is 0.0903. The Morgan fingerprint density at radius 3 is 2.84 bits per heavy atom. The summed E-state index contributed by atoms with van der Waals surface area (Å²) in [6, 6.07) is 6.20. The molecule has 0 amide bonds. The zero-order valence-corrected chi connectivity index (χ0v) is 12.4. The number of carbonyl (C=O) groups is 1. The molecule has 2 N–H and O–H groups in total. The summed E-state index contributed by atoms with van der Waals surface area (Å²) in [6.45, 7) is 4.07. The lowest BCUT2D eigenvalue weighted by Gasteiger charge is -2.05. The molecule has 0 aliphatic rings. The number of carboxylic acids is 1. The van der Waals surface area contributed by atoms with Crippen LogP contribution in [-0.2, 0) is 11.2 Å². The van der Waals surface area contributed by atoms with E-state index < -0.39 is 5.97 Å². The number of benzene rings is 1. The van der Waals surface area contributed by atoms with E-state index in [0.29, 0.717) is 6.42 Å². The van der Waals surface area contributed by atoms with Crippen molar-refractivity contribution >= 4 is 21.9 Å². The van der Waals surface area contributed by atoms with Gasteiger partial charge in [-0.3, -0.25) is 9.89 Å². The Bertz CT molecular complexity index is 620. The lowest BCUT2D eigenvalue weighted by Crippen LogP contribution is -1.98. The fourth-order valence-corrected chi connectivity index (χ4v) is 2.52. The highest BCUT2D eigenvalue weighted by Crippen LogP contribution is 2.32. The van der Waals surface area contributed by atoms with Gasteiger partial charge in [0.25, 0.3) is 0 Å². The largest absolute Gasteiger partial charge is 0.481 e. The first-order valence-electron chi connectivity index (χ1n) is 6.01. The van der Waals surface area contributed by atoms with Crippen molar-refractivity contribution in [1.29, 1.82) is 0 Å². The predicted molar refractivity (Wildman–Crippen MR) is 77.2 cm³/mol. The topological polar surface area (TPSA) is 66.0 Å². The molecule has 0 spiro atoms. The van der Waals surface area contributed by atoms with Crippen LogP contribution in [0.5, 0.6) is 0 Å². The van der Waals surface area contributed by atoms with Crippen molar-refractivity contribution < 1.29 is 9.90 Å². The van der Waals surface area contributed by atoms with Crippen molar-refractivity contribution in [2.24, 2.45) is 0 Å². The lowest BCUT2D eigenvalue weighted by molar-refractivity contribution is -0.136. The highest BCUT2D eigenvalue weighted by molar-refractivity contribution is 9.10. The van der Waals surface area contributed by atoms with Crippen LogP contribution in [0.1, 0.15) is 23.2 Å². The Morgan fingerprint density at radius 1 is 1.42 bits per heavy atom. The van der Waals surface area contributed by atoms with E-state index in [9.17, 15) is 4.79 Å². The van der Waals surface area contributed by atoms with E-state index in [2.05, 4.69) is 44.3 Å². The number of aliphatic carboxylic acids is 1. The lowest BCUT2D eigenvalue weighted by atomic mass is 10.0. The summed E-state index contributed by atoms with van der Waals surface area (Å²) in [5, 5.41) is 15.9. The van der Waals surface area contributed by atoms with Gasteiger partial charge in [0, 0.05) is 12.0 Å². The number of rotatable bonds is 4. The summed E-state index contributed by atoms with van der Waals surface area (Å²) < 4.78 is 0.849. The van der Waals surface area contributed by atoms with Crippen LogP contribution in [0.3, 0.4) is 0 Å². The van der Waals surface area contributed by atoms with Crippen molar-refractivity contribution in [3.8, 4) is 11.3 Å². The van der Waals surface area contributed by atoms with Gasteiger partial charge in [-0.1, -0.05) is 17.7 Å². The molecule has 19 heavy (non-hydrogen) atoms. The fraction of sp³-hybridized carbons (Fsp3) is 0.286. The van der Waals surface area contributed by atoms with E-state index in [1.807, 2.05) is 13.8 Å². The van der Waals surface area contributed by atoms with Gasteiger partial charge in [0.2, 0.25) is 0 Å². The first-order chi connectivity index (χ1) is 8.99. The molecule has 0 atom stereocenters. The molecule has 100 valence electrons. The second kappa shape index (κ2) is 5.57. The van der Waals surface area contributed by atoms with Gasteiger partial charge in [-0.25, -0.2) is 0 Å². The summed E-state index contributed by atoms with van der Waals surface area (Å²) in [5.41, 5.74) is 5.02. The maximum absolute atomic E-state index is 10.6. The van der Waals surface area contributed by atoms with Crippen molar-refractivity contribution in [2.45, 2.75) is 26.7 Å². The smallest absolute Gasteiger partial charge is 0.303 e. The number of nitrogens with zero attached hydrogens (tertiary/aromatic N) is 1. The number of aromatic amines is 1. The minimum atomic E-state index is -0.810. The second-order valence-electron chi connectivity index (χ2n) is 4.58. The number of hydrogen-bond donors (Lipinski definition) is 2. The van der Waals surface area contributed by atoms with Crippen molar-refractivity contribution in [3.05, 3.63) is 39.5 Å². The van der Waals surface area contributed by atoms with Gasteiger partial charge in [0.1, 0.15) is 5.69 Å². The molecule has 1 heterocycles. The monoisotopic (exact) mass is 322 g/mol. The molecule has 0 fully saturated rings. The van der Waals surface area contributed by atoms with Gasteiger partial charge in [0.15, 0.2) is 0 Å². The van der Waals surface area contributed by atoms with Gasteiger partial charge in [0.05, 0.1) is 16.6 Å². The number of H-pyrrole nitrogens is 1. The molecule has 0 aliphatic heterocycles. The molecule has 0 bridgehead atoms. The first-order valence-corrected chi connectivity index (χ1v) is 6.80. The third kappa shape index (κ3) is 3.04. The molecule has 5 heteroatoms. The summed E-state index contributed by atoms with van der Waals surface area (Å²) >= 11 is 3.51. The van der Waals surface area contributed by atoms with Gasteiger partial charge >= 0.3 is 5.97 Å². The Kier molecular flexibility index (Phi) is 4.04. The van der Waals surface area contributed by atoms with E-state index in [0.717, 1.165) is 27.0 Å². The number of carboxylic acid groups (broad SMARTS) is 1. The number of halogens is 1. The molecule has 4 nitrogen and oxygen atoms in total. The number of aryl methyl sites for hydroxylation is 3. The van der Waals surface area contributed by atoms with E-state index in [1.54, 1.807) is 0 Å². The Morgan fingerprint density at radius 2 is 2.16 bits per heavy atom. The number of nitrogens with one attached hydrogen (secondary N) is 1. The minimum Gasteiger partial charge on any atom is -0.481 e. The molecule has 0 unspecified atom stereocenters. The van der Waals surface area contributed by atoms with Crippen LogP contribution < -0.4 is 0 Å². The molecule has 2 aromatic rings. The molecule has 1 aromatic heterocycles. The van der Waals surface area contributed by atoms with Crippen LogP contribution in [-0.4, -0.2) is 21.3 Å². The summed E-state index contributed by atoms with van der Waals surface area (Å²) in [5.74, 6) is -0.810. The molecule has 0 aliphatic carbocycles. The van der Waals surface area contributed by atoms with E-state index in [1.165, 1.54) is 5.56 Å².